The monoisotopic (exact) mass is 604 g/mol. The van der Waals surface area contributed by atoms with Crippen LogP contribution in [0.1, 0.15) is 36.8 Å². The van der Waals surface area contributed by atoms with Gasteiger partial charge in [0, 0.05) is 55.6 Å². The number of ether oxygens (including phenoxy) is 1. The van der Waals surface area contributed by atoms with Crippen LogP contribution in [0.15, 0.2) is 42.5 Å². The minimum absolute atomic E-state index is 0.119. The molecule has 2 aromatic carbocycles. The van der Waals surface area contributed by atoms with Crippen LogP contribution in [-0.2, 0) is 12.4 Å². The van der Waals surface area contributed by atoms with Crippen molar-refractivity contribution in [3.63, 3.8) is 0 Å². The quantitative estimate of drug-likeness (QED) is 0.160. The summed E-state index contributed by atoms with van der Waals surface area (Å²) in [5.41, 5.74) is -3.32. The minimum atomic E-state index is -4.92. The number of halogens is 6. The number of hydrogen-bond acceptors (Lipinski definition) is 7. The third kappa shape index (κ3) is 7.66. The van der Waals surface area contributed by atoms with Crippen molar-refractivity contribution in [2.24, 2.45) is 0 Å². The number of piperidine rings is 1. The first-order valence-electron chi connectivity index (χ1n) is 13.2. The average molecular weight is 605 g/mol. The van der Waals surface area contributed by atoms with Crippen molar-refractivity contribution < 1.29 is 36.0 Å². The summed E-state index contributed by atoms with van der Waals surface area (Å²) in [7, 11) is 0. The van der Waals surface area contributed by atoms with Gasteiger partial charge in [-0.3, -0.25) is 15.0 Å². The molecule has 0 saturated carbocycles. The van der Waals surface area contributed by atoms with Crippen LogP contribution in [0, 0.1) is 10.1 Å². The van der Waals surface area contributed by atoms with Gasteiger partial charge in [0.05, 0.1) is 10.5 Å². The number of piperazine rings is 1. The Balaban J connectivity index is 1.33. The molecule has 41 heavy (non-hydrogen) atoms. The third-order valence-corrected chi connectivity index (χ3v) is 8.09. The number of nitro benzene ring substituents is 1. The first kappa shape index (κ1) is 31.0. The summed E-state index contributed by atoms with van der Waals surface area (Å²) in [5, 5.41) is 14.3. The van der Waals surface area contributed by atoms with Gasteiger partial charge in [0.1, 0.15) is 16.9 Å². The molecule has 0 amide bonds. The Bertz CT molecular complexity index is 1230. The molecule has 2 saturated heterocycles. The largest absolute Gasteiger partial charge is 0.482 e. The van der Waals surface area contributed by atoms with Crippen molar-refractivity contribution in [2.45, 2.75) is 43.6 Å². The molecule has 224 valence electrons. The number of benzene rings is 2. The summed E-state index contributed by atoms with van der Waals surface area (Å²) in [6.45, 7) is 4.62. The lowest BCUT2D eigenvalue weighted by Crippen LogP contribution is -2.51. The topological polar surface area (TPSA) is 70.9 Å². The average Bonchev–Trinajstić information content (AvgIpc) is 2.93. The van der Waals surface area contributed by atoms with Crippen LogP contribution < -0.4 is 15.0 Å². The second-order valence-electron chi connectivity index (χ2n) is 10.2. The van der Waals surface area contributed by atoms with Crippen molar-refractivity contribution in [2.75, 3.05) is 50.7 Å². The molecule has 0 atom stereocenters. The maximum absolute atomic E-state index is 13.5. The summed E-state index contributed by atoms with van der Waals surface area (Å²) in [5.74, 6) is -0.119. The molecule has 4 rings (SSSR count). The van der Waals surface area contributed by atoms with Gasteiger partial charge < -0.3 is 15.0 Å². The lowest BCUT2D eigenvalue weighted by molar-refractivity contribution is -0.388. The van der Waals surface area contributed by atoms with E-state index in [0.717, 1.165) is 43.5 Å². The van der Waals surface area contributed by atoms with E-state index in [2.05, 4.69) is 10.2 Å². The molecule has 14 heteroatoms. The maximum atomic E-state index is 13.5. The second-order valence-corrected chi connectivity index (χ2v) is 10.7. The molecule has 0 aliphatic carbocycles. The summed E-state index contributed by atoms with van der Waals surface area (Å²) in [6.07, 6.45) is -7.17. The van der Waals surface area contributed by atoms with Crippen molar-refractivity contribution in [3.05, 3.63) is 63.7 Å². The summed E-state index contributed by atoms with van der Waals surface area (Å²) < 4.78 is 85.1. The number of nitrogens with zero attached hydrogens (tertiary/aromatic N) is 3. The number of nitrogens with one attached hydrogen (secondary N) is 1. The minimum Gasteiger partial charge on any atom is -0.482 e. The standard InChI is InChI=1S/C27H30F6N4O3S/c28-26(29,30)19-3-5-20(6-4-19)36-16-14-35(15-17-36)13-1-2-24(41)25(9-11-34-12-10-25)40-21-7-8-23(37(38)39)22(18-21)27(31,32)33/h3-8,18,34H,1-2,9-17H2. The lowest BCUT2D eigenvalue weighted by atomic mass is 9.86. The molecule has 1 N–H and O–H groups in total. The van der Waals surface area contributed by atoms with Crippen molar-refractivity contribution >= 4 is 28.5 Å². The molecule has 2 fully saturated rings. The molecule has 0 bridgehead atoms. The predicted octanol–water partition coefficient (Wildman–Crippen LogP) is 6.11. The zero-order valence-electron chi connectivity index (χ0n) is 22.1. The number of rotatable bonds is 9. The smallest absolute Gasteiger partial charge is 0.423 e. The van der Waals surface area contributed by atoms with Crippen LogP contribution in [0.4, 0.5) is 37.7 Å². The van der Waals surface area contributed by atoms with E-state index in [0.29, 0.717) is 62.8 Å². The fourth-order valence-corrected chi connectivity index (χ4v) is 5.63. The van der Waals surface area contributed by atoms with Crippen LogP contribution in [-0.4, -0.2) is 66.1 Å². The number of thiocarbonyl (C=S) groups is 1. The number of alkyl halides is 6. The van der Waals surface area contributed by atoms with Crippen LogP contribution >= 0.6 is 12.2 Å². The molecule has 2 aromatic rings. The molecule has 2 aliphatic heterocycles. The van der Waals surface area contributed by atoms with Gasteiger partial charge >= 0.3 is 12.4 Å². The first-order chi connectivity index (χ1) is 19.3. The van der Waals surface area contributed by atoms with E-state index in [-0.39, 0.29) is 5.75 Å². The predicted molar refractivity (Wildman–Crippen MR) is 145 cm³/mol. The summed E-state index contributed by atoms with van der Waals surface area (Å²) in [4.78, 5) is 14.9. The highest BCUT2D eigenvalue weighted by molar-refractivity contribution is 7.80. The van der Waals surface area contributed by atoms with E-state index in [1.807, 2.05) is 4.90 Å². The van der Waals surface area contributed by atoms with Crippen LogP contribution in [0.25, 0.3) is 0 Å². The number of nitro groups is 1. The number of hydrogen-bond donors (Lipinski definition) is 1. The van der Waals surface area contributed by atoms with Gasteiger partial charge in [-0.05, 0) is 68.9 Å². The van der Waals surface area contributed by atoms with E-state index >= 15 is 0 Å². The van der Waals surface area contributed by atoms with Gasteiger partial charge in [0.25, 0.3) is 5.69 Å². The molecular weight excluding hydrogens is 574 g/mol. The van der Waals surface area contributed by atoms with E-state index in [4.69, 9.17) is 17.0 Å². The first-order valence-corrected chi connectivity index (χ1v) is 13.6. The van der Waals surface area contributed by atoms with E-state index < -0.39 is 39.7 Å². The van der Waals surface area contributed by atoms with E-state index in [9.17, 15) is 36.5 Å². The van der Waals surface area contributed by atoms with Crippen LogP contribution in [0.5, 0.6) is 5.75 Å². The molecule has 0 aromatic heterocycles. The van der Waals surface area contributed by atoms with Crippen LogP contribution in [0.2, 0.25) is 0 Å². The molecule has 2 aliphatic rings. The van der Waals surface area contributed by atoms with Crippen molar-refractivity contribution in [1.29, 1.82) is 0 Å². The Morgan fingerprint density at radius 3 is 2.17 bits per heavy atom. The fourth-order valence-electron chi connectivity index (χ4n) is 5.24. The molecule has 7 nitrogen and oxygen atoms in total. The molecule has 2 heterocycles. The van der Waals surface area contributed by atoms with E-state index in [1.54, 1.807) is 0 Å². The molecule has 0 unspecified atom stereocenters. The van der Waals surface area contributed by atoms with Gasteiger partial charge in [0.15, 0.2) is 0 Å². The highest BCUT2D eigenvalue weighted by Gasteiger charge is 2.41. The van der Waals surface area contributed by atoms with Crippen molar-refractivity contribution in [1.82, 2.24) is 10.2 Å². The Hall–Kier alpha value is -2.97. The highest BCUT2D eigenvalue weighted by atomic mass is 32.1. The Kier molecular flexibility index (Phi) is 9.44. The SMILES string of the molecule is O=[N+]([O-])c1ccc(OC2(C(=S)CCCN3CCN(c4ccc(C(F)(F)F)cc4)CC3)CCNCC2)cc1C(F)(F)F. The van der Waals surface area contributed by atoms with Gasteiger partial charge in [0.2, 0.25) is 0 Å². The number of anilines is 1. The van der Waals surface area contributed by atoms with Gasteiger partial charge in [-0.2, -0.15) is 26.3 Å². The van der Waals surface area contributed by atoms with Crippen molar-refractivity contribution in [3.8, 4) is 5.75 Å². The Morgan fingerprint density at radius 1 is 0.976 bits per heavy atom. The van der Waals surface area contributed by atoms with Gasteiger partial charge in [-0.15, -0.1) is 0 Å². The van der Waals surface area contributed by atoms with Gasteiger partial charge in [-0.25, -0.2) is 0 Å². The molecule has 0 radical (unpaired) electrons. The third-order valence-electron chi connectivity index (χ3n) is 7.51. The summed E-state index contributed by atoms with van der Waals surface area (Å²) >= 11 is 5.75. The molecule has 0 spiro atoms. The zero-order valence-corrected chi connectivity index (χ0v) is 22.9. The van der Waals surface area contributed by atoms with E-state index in [1.165, 1.54) is 18.2 Å². The second kappa shape index (κ2) is 12.5. The summed E-state index contributed by atoms with van der Waals surface area (Å²) in [6, 6.07) is 7.79. The van der Waals surface area contributed by atoms with Gasteiger partial charge in [-0.1, -0.05) is 12.2 Å². The lowest BCUT2D eigenvalue weighted by Gasteiger charge is -2.39. The Labute approximate surface area is 238 Å². The highest BCUT2D eigenvalue weighted by Crippen LogP contribution is 2.40. The fraction of sp³-hybridized carbons (Fsp3) is 0.519. The Morgan fingerprint density at radius 2 is 1.61 bits per heavy atom. The zero-order chi connectivity index (χ0) is 29.8. The molecular formula is C27H30F6N4O3S. The van der Waals surface area contributed by atoms with Crippen LogP contribution in [0.3, 0.4) is 0 Å². The normalized spacial score (nSPS) is 18.2. The maximum Gasteiger partial charge on any atom is 0.423 e.